The summed E-state index contributed by atoms with van der Waals surface area (Å²) in [5.41, 5.74) is 2.12. The summed E-state index contributed by atoms with van der Waals surface area (Å²) < 4.78 is 25.1. The highest BCUT2D eigenvalue weighted by atomic mass is 32.2. The fourth-order valence-electron chi connectivity index (χ4n) is 3.72. The van der Waals surface area contributed by atoms with Gasteiger partial charge in [-0.2, -0.15) is 0 Å². The van der Waals surface area contributed by atoms with Crippen molar-refractivity contribution in [3.63, 3.8) is 0 Å². The van der Waals surface area contributed by atoms with Crippen LogP contribution in [0.5, 0.6) is 11.5 Å². The smallest absolute Gasteiger partial charge is 0.326 e. The van der Waals surface area contributed by atoms with Crippen molar-refractivity contribution in [3.8, 4) is 11.5 Å². The van der Waals surface area contributed by atoms with Crippen molar-refractivity contribution in [3.05, 3.63) is 126 Å². The Labute approximate surface area is 230 Å². The van der Waals surface area contributed by atoms with Crippen LogP contribution in [0.1, 0.15) is 21.5 Å². The topological polar surface area (TPSA) is 84.9 Å². The van der Waals surface area contributed by atoms with Gasteiger partial charge in [0.1, 0.15) is 30.0 Å². The fourth-order valence-corrected chi connectivity index (χ4v) is 4.48. The predicted molar refractivity (Wildman–Crippen MR) is 149 cm³/mol. The van der Waals surface area contributed by atoms with Crippen LogP contribution in [0.2, 0.25) is 0 Å². The second-order valence-electron chi connectivity index (χ2n) is 8.64. The molecule has 0 fully saturated rings. The summed E-state index contributed by atoms with van der Waals surface area (Å²) in [6, 6.07) is 28.8. The molecule has 1 amide bonds. The van der Waals surface area contributed by atoms with Crippen LogP contribution in [0, 0.1) is 5.82 Å². The van der Waals surface area contributed by atoms with E-state index in [-0.39, 0.29) is 12.2 Å². The first kappa shape index (κ1) is 27.7. The van der Waals surface area contributed by atoms with Gasteiger partial charge in [0.25, 0.3) is 5.91 Å². The summed E-state index contributed by atoms with van der Waals surface area (Å²) in [5, 5.41) is 12.3. The number of hydrogen-bond acceptors (Lipinski definition) is 5. The number of carboxylic acid groups (broad SMARTS) is 1. The van der Waals surface area contributed by atoms with E-state index in [1.54, 1.807) is 66.7 Å². The molecule has 0 radical (unpaired) electrons. The van der Waals surface area contributed by atoms with Crippen molar-refractivity contribution in [2.24, 2.45) is 0 Å². The normalized spacial score (nSPS) is 11.4. The van der Waals surface area contributed by atoms with Crippen molar-refractivity contribution in [1.82, 2.24) is 5.32 Å². The second-order valence-corrected chi connectivity index (χ2v) is 9.78. The second kappa shape index (κ2) is 14.0. The van der Waals surface area contributed by atoms with Gasteiger partial charge in [0.2, 0.25) is 0 Å². The number of carbonyl (C=O) groups is 2. The molecule has 4 aromatic rings. The van der Waals surface area contributed by atoms with Crippen LogP contribution in [0.4, 0.5) is 4.39 Å². The molecule has 0 saturated heterocycles. The third-order valence-electron chi connectivity index (χ3n) is 5.78. The third-order valence-corrected chi connectivity index (χ3v) is 6.79. The molecule has 0 aliphatic rings. The van der Waals surface area contributed by atoms with Gasteiger partial charge in [-0.1, -0.05) is 54.6 Å². The van der Waals surface area contributed by atoms with E-state index in [4.69, 9.17) is 9.47 Å². The number of carbonyl (C=O) groups excluding carboxylic acids is 1. The SMILES string of the molecule is O=C(N[C@@H](Cc1ccc(OCc2ccccc2)cc1)C(=O)O)c1ccc(OCCSc2ccccc2F)cc1. The molecule has 39 heavy (non-hydrogen) atoms. The van der Waals surface area contributed by atoms with Crippen LogP contribution >= 0.6 is 11.8 Å². The van der Waals surface area contributed by atoms with E-state index in [9.17, 15) is 19.1 Å². The maximum absolute atomic E-state index is 13.7. The lowest BCUT2D eigenvalue weighted by Crippen LogP contribution is -2.42. The van der Waals surface area contributed by atoms with Gasteiger partial charge in [-0.25, -0.2) is 9.18 Å². The molecule has 1 atom stereocenters. The van der Waals surface area contributed by atoms with E-state index in [0.29, 0.717) is 40.9 Å². The van der Waals surface area contributed by atoms with E-state index < -0.39 is 17.9 Å². The lowest BCUT2D eigenvalue weighted by atomic mass is 10.1. The number of hydrogen-bond donors (Lipinski definition) is 2. The maximum atomic E-state index is 13.7. The lowest BCUT2D eigenvalue weighted by Gasteiger charge is -2.15. The summed E-state index contributed by atoms with van der Waals surface area (Å²) in [6.45, 7) is 0.798. The molecule has 0 aromatic heterocycles. The molecular weight excluding hydrogens is 517 g/mol. The Bertz CT molecular complexity index is 1360. The van der Waals surface area contributed by atoms with Crippen LogP contribution < -0.4 is 14.8 Å². The number of nitrogens with one attached hydrogen (secondary N) is 1. The number of ether oxygens (including phenoxy) is 2. The van der Waals surface area contributed by atoms with Gasteiger partial charge in [0.05, 0.1) is 6.61 Å². The van der Waals surface area contributed by atoms with Crippen LogP contribution in [0.25, 0.3) is 0 Å². The first-order valence-electron chi connectivity index (χ1n) is 12.4. The Morgan fingerprint density at radius 3 is 2.13 bits per heavy atom. The first-order chi connectivity index (χ1) is 19.0. The van der Waals surface area contributed by atoms with Crippen LogP contribution in [-0.4, -0.2) is 35.4 Å². The van der Waals surface area contributed by atoms with Crippen LogP contribution in [0.3, 0.4) is 0 Å². The quantitative estimate of drug-likeness (QED) is 0.158. The molecule has 4 aromatic carbocycles. The van der Waals surface area contributed by atoms with Crippen molar-refractivity contribution in [2.75, 3.05) is 12.4 Å². The van der Waals surface area contributed by atoms with Crippen molar-refractivity contribution < 1.29 is 28.6 Å². The minimum Gasteiger partial charge on any atom is -0.493 e. The minimum atomic E-state index is -1.12. The van der Waals surface area contributed by atoms with Gasteiger partial charge in [-0.15, -0.1) is 11.8 Å². The Morgan fingerprint density at radius 2 is 1.44 bits per heavy atom. The summed E-state index contributed by atoms with van der Waals surface area (Å²) >= 11 is 1.36. The average Bonchev–Trinajstić information content (AvgIpc) is 2.96. The van der Waals surface area contributed by atoms with Gasteiger partial charge in [-0.05, 0) is 59.7 Å². The molecule has 6 nitrogen and oxygen atoms in total. The molecule has 0 unspecified atom stereocenters. The molecule has 0 heterocycles. The van der Waals surface area contributed by atoms with Crippen molar-refractivity contribution in [1.29, 1.82) is 0 Å². The lowest BCUT2D eigenvalue weighted by molar-refractivity contribution is -0.139. The average molecular weight is 546 g/mol. The number of aliphatic carboxylic acids is 1. The largest absolute Gasteiger partial charge is 0.493 e. The molecule has 0 aliphatic carbocycles. The standard InChI is InChI=1S/C31H28FNO5S/c32-27-8-4-5-9-29(27)39-19-18-37-25-16-12-24(13-17-25)30(34)33-28(31(35)36)20-22-10-14-26(15-11-22)38-21-23-6-2-1-3-7-23/h1-17,28H,18-21H2,(H,33,34)(H,35,36)/t28-/m0/s1. The Kier molecular flexibility index (Phi) is 9.97. The Hall–Kier alpha value is -4.30. The molecule has 2 N–H and O–H groups in total. The van der Waals surface area contributed by atoms with Gasteiger partial charge < -0.3 is 19.9 Å². The highest BCUT2D eigenvalue weighted by Gasteiger charge is 2.21. The monoisotopic (exact) mass is 545 g/mol. The zero-order valence-electron chi connectivity index (χ0n) is 21.1. The van der Waals surface area contributed by atoms with E-state index in [0.717, 1.165) is 11.1 Å². The zero-order chi connectivity index (χ0) is 27.5. The molecule has 0 spiro atoms. The predicted octanol–water partition coefficient (Wildman–Crippen LogP) is 6.00. The summed E-state index contributed by atoms with van der Waals surface area (Å²) in [7, 11) is 0. The number of halogens is 1. The summed E-state index contributed by atoms with van der Waals surface area (Å²) in [5.74, 6) is -0.0881. The highest BCUT2D eigenvalue weighted by Crippen LogP contribution is 2.21. The third kappa shape index (κ3) is 8.61. The summed E-state index contributed by atoms with van der Waals surface area (Å²) in [4.78, 5) is 25.1. The van der Waals surface area contributed by atoms with Gasteiger partial charge in [0, 0.05) is 22.6 Å². The van der Waals surface area contributed by atoms with Gasteiger partial charge in [-0.3, -0.25) is 4.79 Å². The minimum absolute atomic E-state index is 0.126. The zero-order valence-corrected chi connectivity index (χ0v) is 21.9. The van der Waals surface area contributed by atoms with E-state index >= 15 is 0 Å². The highest BCUT2D eigenvalue weighted by molar-refractivity contribution is 7.99. The number of benzene rings is 4. The first-order valence-corrected chi connectivity index (χ1v) is 13.4. The molecule has 200 valence electrons. The Morgan fingerprint density at radius 1 is 0.795 bits per heavy atom. The number of carboxylic acids is 1. The fraction of sp³-hybridized carbons (Fsp3) is 0.161. The van der Waals surface area contributed by atoms with Crippen molar-refractivity contribution in [2.45, 2.75) is 24.0 Å². The molecular formula is C31H28FNO5S. The molecule has 0 saturated carbocycles. The molecule has 8 heteroatoms. The van der Waals surface area contributed by atoms with Gasteiger partial charge in [0.15, 0.2) is 0 Å². The molecule has 0 bridgehead atoms. The van der Waals surface area contributed by atoms with E-state index in [1.807, 2.05) is 30.3 Å². The Balaban J connectivity index is 1.25. The number of rotatable bonds is 13. The van der Waals surface area contributed by atoms with E-state index in [2.05, 4.69) is 5.32 Å². The molecule has 0 aliphatic heterocycles. The van der Waals surface area contributed by atoms with Crippen LogP contribution in [-0.2, 0) is 17.8 Å². The van der Waals surface area contributed by atoms with E-state index in [1.165, 1.54) is 17.8 Å². The van der Waals surface area contributed by atoms with Crippen molar-refractivity contribution >= 4 is 23.6 Å². The summed E-state index contributed by atoms with van der Waals surface area (Å²) in [6.07, 6.45) is 0.126. The number of amides is 1. The number of thioether (sulfide) groups is 1. The molecule has 4 rings (SSSR count). The van der Waals surface area contributed by atoms with Gasteiger partial charge >= 0.3 is 5.97 Å². The maximum Gasteiger partial charge on any atom is 0.326 e. The van der Waals surface area contributed by atoms with Crippen LogP contribution in [0.15, 0.2) is 108 Å².